The number of benzene rings is 1. The number of hydrogen-bond donors (Lipinski definition) is 2. The van der Waals surface area contributed by atoms with E-state index in [9.17, 15) is 24.6 Å². The summed E-state index contributed by atoms with van der Waals surface area (Å²) in [6, 6.07) is 2.79. The molecule has 0 bridgehead atoms. The highest BCUT2D eigenvalue weighted by Crippen LogP contribution is 2.30. The van der Waals surface area contributed by atoms with E-state index in [-0.39, 0.29) is 30.6 Å². The topological polar surface area (TPSA) is 129 Å². The van der Waals surface area contributed by atoms with Gasteiger partial charge < -0.3 is 29.2 Å². The molecule has 162 valence electrons. The van der Waals surface area contributed by atoms with Crippen molar-refractivity contribution in [1.82, 2.24) is 0 Å². The van der Waals surface area contributed by atoms with Crippen LogP contribution in [0.2, 0.25) is 0 Å². The second-order valence-electron chi connectivity index (χ2n) is 6.73. The lowest BCUT2D eigenvalue weighted by Crippen LogP contribution is -2.23. The molecule has 9 heteroatoms. The molecule has 0 unspecified atom stereocenters. The first-order valence-electron chi connectivity index (χ1n) is 9.12. The molecule has 0 spiro atoms. The SMILES string of the molecule is COC(=O)C[C@@H](C)OC(=O)c1c(O)cc(OC)cc1C[C@@H](C)OC(=O)C[C@@H](C)O. The molecule has 0 heterocycles. The Hall–Kier alpha value is -2.81. The standard InChI is InChI=1S/C20H28O9/c1-11(21)6-18(24)28-12(2)7-14-9-15(26-4)10-16(22)19(14)20(25)29-13(3)8-17(23)27-5/h9-13,21-22H,6-8H2,1-5H3/t11-,12-,13-/m1/s1. The van der Waals surface area contributed by atoms with Gasteiger partial charge in [0.25, 0.3) is 0 Å². The first-order chi connectivity index (χ1) is 13.6. The molecule has 9 nitrogen and oxygen atoms in total. The van der Waals surface area contributed by atoms with E-state index in [2.05, 4.69) is 4.74 Å². The second kappa shape index (κ2) is 11.3. The van der Waals surface area contributed by atoms with Gasteiger partial charge in [-0.2, -0.15) is 0 Å². The van der Waals surface area contributed by atoms with Crippen LogP contribution in [0.3, 0.4) is 0 Å². The van der Waals surface area contributed by atoms with Gasteiger partial charge in [0.05, 0.1) is 33.2 Å². The molecule has 0 saturated carbocycles. The number of phenols is 1. The van der Waals surface area contributed by atoms with Gasteiger partial charge in [-0.25, -0.2) is 4.79 Å². The largest absolute Gasteiger partial charge is 0.507 e. The summed E-state index contributed by atoms with van der Waals surface area (Å²) in [5, 5.41) is 19.6. The predicted molar refractivity (Wildman–Crippen MR) is 102 cm³/mol. The van der Waals surface area contributed by atoms with Crippen LogP contribution < -0.4 is 4.74 Å². The minimum Gasteiger partial charge on any atom is -0.507 e. The summed E-state index contributed by atoms with van der Waals surface area (Å²) in [4.78, 5) is 35.7. The van der Waals surface area contributed by atoms with E-state index in [4.69, 9.17) is 14.2 Å². The van der Waals surface area contributed by atoms with Crippen LogP contribution in [0.1, 0.15) is 49.5 Å². The molecule has 0 fully saturated rings. The minimum absolute atomic E-state index is 0.0894. The lowest BCUT2D eigenvalue weighted by Gasteiger charge is -2.19. The minimum atomic E-state index is -0.836. The van der Waals surface area contributed by atoms with Gasteiger partial charge in [0.1, 0.15) is 29.3 Å². The molecule has 3 atom stereocenters. The summed E-state index contributed by atoms with van der Waals surface area (Å²) in [5.74, 6) is -2.02. The normalized spacial score (nSPS) is 13.7. The summed E-state index contributed by atoms with van der Waals surface area (Å²) in [7, 11) is 2.63. The Morgan fingerprint density at radius 3 is 2.17 bits per heavy atom. The molecule has 1 rings (SSSR count). The Balaban J connectivity index is 3.03. The Kier molecular flexibility index (Phi) is 9.40. The van der Waals surface area contributed by atoms with Crippen molar-refractivity contribution in [1.29, 1.82) is 0 Å². The van der Waals surface area contributed by atoms with Crippen molar-refractivity contribution in [2.24, 2.45) is 0 Å². The molecule has 0 amide bonds. The Morgan fingerprint density at radius 1 is 0.966 bits per heavy atom. The highest BCUT2D eigenvalue weighted by molar-refractivity contribution is 5.94. The van der Waals surface area contributed by atoms with Gasteiger partial charge in [0.15, 0.2) is 0 Å². The van der Waals surface area contributed by atoms with E-state index < -0.39 is 36.2 Å². The zero-order valence-electron chi connectivity index (χ0n) is 17.3. The number of methoxy groups -OCH3 is 2. The van der Waals surface area contributed by atoms with E-state index >= 15 is 0 Å². The Labute approximate surface area is 169 Å². The number of hydrogen-bond acceptors (Lipinski definition) is 9. The number of ether oxygens (including phenoxy) is 4. The third-order valence-electron chi connectivity index (χ3n) is 3.90. The average Bonchev–Trinajstić information content (AvgIpc) is 2.59. The van der Waals surface area contributed by atoms with Gasteiger partial charge in [0, 0.05) is 12.5 Å². The van der Waals surface area contributed by atoms with Crippen LogP contribution in [0.4, 0.5) is 0 Å². The van der Waals surface area contributed by atoms with E-state index in [1.807, 2.05) is 0 Å². The number of aliphatic hydroxyl groups excluding tert-OH is 1. The van der Waals surface area contributed by atoms with E-state index in [0.29, 0.717) is 11.3 Å². The Morgan fingerprint density at radius 2 is 1.62 bits per heavy atom. The molecule has 0 aliphatic heterocycles. The number of aliphatic hydroxyl groups is 1. The summed E-state index contributed by atoms with van der Waals surface area (Å²) in [6.07, 6.45) is -2.46. The zero-order valence-corrected chi connectivity index (χ0v) is 17.3. The predicted octanol–water partition coefficient (Wildman–Crippen LogP) is 1.75. The van der Waals surface area contributed by atoms with Crippen molar-refractivity contribution in [2.75, 3.05) is 14.2 Å². The molecule has 1 aromatic carbocycles. The molecule has 29 heavy (non-hydrogen) atoms. The first-order valence-corrected chi connectivity index (χ1v) is 9.12. The van der Waals surface area contributed by atoms with Crippen molar-refractivity contribution in [2.45, 2.75) is 58.3 Å². The number of carbonyl (C=O) groups excluding carboxylic acids is 3. The van der Waals surface area contributed by atoms with Gasteiger partial charge >= 0.3 is 17.9 Å². The molecule has 0 aromatic heterocycles. The number of esters is 3. The van der Waals surface area contributed by atoms with E-state index in [1.54, 1.807) is 6.92 Å². The maximum atomic E-state index is 12.6. The molecule has 0 aliphatic carbocycles. The zero-order chi connectivity index (χ0) is 22.1. The summed E-state index contributed by atoms with van der Waals surface area (Å²) in [5.41, 5.74) is 0.232. The van der Waals surface area contributed by atoms with Crippen molar-refractivity contribution in [3.8, 4) is 11.5 Å². The molecular weight excluding hydrogens is 384 g/mol. The van der Waals surface area contributed by atoms with Gasteiger partial charge in [-0.1, -0.05) is 0 Å². The number of aromatic hydroxyl groups is 1. The monoisotopic (exact) mass is 412 g/mol. The molecule has 2 N–H and O–H groups in total. The van der Waals surface area contributed by atoms with Crippen LogP contribution in [-0.2, 0) is 30.2 Å². The van der Waals surface area contributed by atoms with Crippen LogP contribution >= 0.6 is 0 Å². The highest BCUT2D eigenvalue weighted by Gasteiger charge is 2.24. The quantitative estimate of drug-likeness (QED) is 0.436. The first kappa shape index (κ1) is 24.2. The smallest absolute Gasteiger partial charge is 0.342 e. The molecular formula is C20H28O9. The van der Waals surface area contributed by atoms with Crippen molar-refractivity contribution in [3.63, 3.8) is 0 Å². The van der Waals surface area contributed by atoms with Crippen molar-refractivity contribution < 1.29 is 43.5 Å². The van der Waals surface area contributed by atoms with Gasteiger partial charge in [-0.15, -0.1) is 0 Å². The number of rotatable bonds is 10. The van der Waals surface area contributed by atoms with Crippen LogP contribution in [0, 0.1) is 0 Å². The highest BCUT2D eigenvalue weighted by atomic mass is 16.6. The van der Waals surface area contributed by atoms with Crippen molar-refractivity contribution >= 4 is 17.9 Å². The van der Waals surface area contributed by atoms with E-state index in [1.165, 1.54) is 40.2 Å². The third kappa shape index (κ3) is 7.98. The fourth-order valence-corrected chi connectivity index (χ4v) is 2.64. The second-order valence-corrected chi connectivity index (χ2v) is 6.73. The van der Waals surface area contributed by atoms with Gasteiger partial charge in [-0.05, 0) is 32.4 Å². The maximum Gasteiger partial charge on any atom is 0.342 e. The molecule has 0 aliphatic rings. The number of phenolic OH excluding ortho intramolecular Hbond substituents is 1. The van der Waals surface area contributed by atoms with Crippen molar-refractivity contribution in [3.05, 3.63) is 23.3 Å². The summed E-state index contributed by atoms with van der Waals surface area (Å²) < 4.78 is 20.1. The molecule has 0 saturated heterocycles. The van der Waals surface area contributed by atoms with Crippen LogP contribution in [0.25, 0.3) is 0 Å². The number of carbonyl (C=O) groups is 3. The lowest BCUT2D eigenvalue weighted by atomic mass is 10.00. The molecule has 1 aromatic rings. The summed E-state index contributed by atoms with van der Waals surface area (Å²) >= 11 is 0. The van der Waals surface area contributed by atoms with Crippen LogP contribution in [-0.4, -0.2) is 60.7 Å². The Bertz CT molecular complexity index is 727. The van der Waals surface area contributed by atoms with Gasteiger partial charge in [0.2, 0.25) is 0 Å². The van der Waals surface area contributed by atoms with E-state index in [0.717, 1.165) is 0 Å². The van der Waals surface area contributed by atoms with Crippen LogP contribution in [0.15, 0.2) is 12.1 Å². The fourth-order valence-electron chi connectivity index (χ4n) is 2.64. The maximum absolute atomic E-state index is 12.6. The third-order valence-corrected chi connectivity index (χ3v) is 3.90. The summed E-state index contributed by atoms with van der Waals surface area (Å²) in [6.45, 7) is 4.61. The van der Waals surface area contributed by atoms with Gasteiger partial charge in [-0.3, -0.25) is 9.59 Å². The molecule has 0 radical (unpaired) electrons. The lowest BCUT2D eigenvalue weighted by molar-refractivity contribution is -0.150. The fraction of sp³-hybridized carbons (Fsp3) is 0.550. The average molecular weight is 412 g/mol. The van der Waals surface area contributed by atoms with Crippen LogP contribution in [0.5, 0.6) is 11.5 Å².